The Hall–Kier alpha value is -1.28. The second-order valence-corrected chi connectivity index (χ2v) is 5.11. The average molecular weight is 200 g/mol. The number of hydrogen-bond acceptors (Lipinski definition) is 1. The van der Waals surface area contributed by atoms with Gasteiger partial charge in [-0.15, -0.1) is 0 Å². The number of aromatic amines is 1. The molecule has 1 aromatic carbocycles. The van der Waals surface area contributed by atoms with Crippen LogP contribution in [0.25, 0.3) is 10.9 Å². The molecule has 3 rings (SSSR count). The summed E-state index contributed by atoms with van der Waals surface area (Å²) < 4.78 is 0. The van der Waals surface area contributed by atoms with Crippen LogP contribution in [0.2, 0.25) is 0 Å². The standard InChI is InChI=1S/C13H16N2/c1-13(2)10(12(13)14)9-5-3-4-8-6-7-15-11(8)9/h3-7,10,12,15H,14H2,1-2H3/t10-,12-/m1/s1. The van der Waals surface area contributed by atoms with Crippen LogP contribution in [0.5, 0.6) is 0 Å². The quantitative estimate of drug-likeness (QED) is 0.730. The zero-order chi connectivity index (χ0) is 10.6. The minimum absolute atomic E-state index is 0.249. The molecule has 3 N–H and O–H groups in total. The lowest BCUT2D eigenvalue weighted by atomic mass is 10.0. The summed E-state index contributed by atoms with van der Waals surface area (Å²) in [6, 6.07) is 8.85. The molecule has 1 heterocycles. The first kappa shape index (κ1) is 8.98. The van der Waals surface area contributed by atoms with Crippen LogP contribution in [-0.4, -0.2) is 11.0 Å². The van der Waals surface area contributed by atoms with E-state index in [0.29, 0.717) is 12.0 Å². The highest BCUT2D eigenvalue weighted by atomic mass is 14.8. The number of rotatable bonds is 1. The Morgan fingerprint density at radius 1 is 1.27 bits per heavy atom. The molecule has 2 heteroatoms. The van der Waals surface area contributed by atoms with Gasteiger partial charge < -0.3 is 10.7 Å². The SMILES string of the molecule is CC1(C)[C@H](N)[C@H]1c1cccc2cc[nH]c12. The lowest BCUT2D eigenvalue weighted by Gasteiger charge is -2.04. The summed E-state index contributed by atoms with van der Waals surface area (Å²) in [5, 5.41) is 1.28. The number of hydrogen-bond donors (Lipinski definition) is 2. The fourth-order valence-electron chi connectivity index (χ4n) is 2.64. The minimum atomic E-state index is 0.249. The molecule has 1 aliphatic rings. The van der Waals surface area contributed by atoms with Crippen LogP contribution < -0.4 is 5.73 Å². The van der Waals surface area contributed by atoms with E-state index in [1.807, 2.05) is 6.20 Å². The molecule has 2 aromatic rings. The number of para-hydroxylation sites is 1. The third-order valence-corrected chi connectivity index (χ3v) is 3.87. The largest absolute Gasteiger partial charge is 0.361 e. The molecule has 0 amide bonds. The van der Waals surface area contributed by atoms with Crippen LogP contribution in [0.1, 0.15) is 25.3 Å². The Morgan fingerprint density at radius 3 is 2.67 bits per heavy atom. The van der Waals surface area contributed by atoms with Crippen LogP contribution in [0.3, 0.4) is 0 Å². The second-order valence-electron chi connectivity index (χ2n) is 5.11. The average Bonchev–Trinajstić information content (AvgIpc) is 2.63. The van der Waals surface area contributed by atoms with Gasteiger partial charge in [0.15, 0.2) is 0 Å². The molecule has 1 saturated carbocycles. The van der Waals surface area contributed by atoms with Gasteiger partial charge in [0.2, 0.25) is 0 Å². The lowest BCUT2D eigenvalue weighted by Crippen LogP contribution is -2.06. The zero-order valence-electron chi connectivity index (χ0n) is 9.12. The number of nitrogens with two attached hydrogens (primary N) is 1. The first-order chi connectivity index (χ1) is 7.12. The van der Waals surface area contributed by atoms with Crippen molar-refractivity contribution in [1.82, 2.24) is 4.98 Å². The van der Waals surface area contributed by atoms with Gasteiger partial charge in [0, 0.05) is 23.7 Å². The van der Waals surface area contributed by atoms with E-state index in [1.54, 1.807) is 0 Å². The Kier molecular flexibility index (Phi) is 1.58. The molecule has 1 aromatic heterocycles. The highest BCUT2D eigenvalue weighted by Gasteiger charge is 2.56. The van der Waals surface area contributed by atoms with Crippen LogP contribution >= 0.6 is 0 Å². The monoisotopic (exact) mass is 200 g/mol. The third kappa shape index (κ3) is 1.08. The fourth-order valence-corrected chi connectivity index (χ4v) is 2.64. The summed E-state index contributed by atoms with van der Waals surface area (Å²) >= 11 is 0. The number of nitrogens with one attached hydrogen (secondary N) is 1. The van der Waals surface area contributed by atoms with E-state index in [1.165, 1.54) is 16.5 Å². The third-order valence-electron chi connectivity index (χ3n) is 3.87. The van der Waals surface area contributed by atoms with E-state index in [4.69, 9.17) is 5.73 Å². The number of H-pyrrole nitrogens is 1. The van der Waals surface area contributed by atoms with Crippen molar-refractivity contribution in [2.45, 2.75) is 25.8 Å². The molecule has 0 bridgehead atoms. The summed E-state index contributed by atoms with van der Waals surface area (Å²) in [5.41, 5.74) is 9.00. The normalized spacial score (nSPS) is 28.2. The number of benzene rings is 1. The number of aromatic nitrogens is 1. The summed E-state index contributed by atoms with van der Waals surface area (Å²) in [7, 11) is 0. The maximum Gasteiger partial charge on any atom is 0.0490 e. The van der Waals surface area contributed by atoms with Gasteiger partial charge in [0.1, 0.15) is 0 Å². The first-order valence-electron chi connectivity index (χ1n) is 5.44. The molecular formula is C13H16N2. The molecule has 1 fully saturated rings. The maximum absolute atomic E-state index is 6.12. The molecule has 0 spiro atoms. The van der Waals surface area contributed by atoms with E-state index >= 15 is 0 Å². The molecule has 0 unspecified atom stereocenters. The highest BCUT2D eigenvalue weighted by Crippen LogP contribution is 2.58. The summed E-state index contributed by atoms with van der Waals surface area (Å²) in [4.78, 5) is 3.31. The topological polar surface area (TPSA) is 41.8 Å². The van der Waals surface area contributed by atoms with Crippen molar-refractivity contribution in [1.29, 1.82) is 0 Å². The Labute approximate surface area is 89.5 Å². The van der Waals surface area contributed by atoms with Gasteiger partial charge in [0.05, 0.1) is 0 Å². The van der Waals surface area contributed by atoms with Crippen LogP contribution in [0, 0.1) is 5.41 Å². The molecule has 2 atom stereocenters. The first-order valence-corrected chi connectivity index (χ1v) is 5.44. The van der Waals surface area contributed by atoms with Crippen molar-refractivity contribution in [2.75, 3.05) is 0 Å². The molecule has 1 aliphatic carbocycles. The van der Waals surface area contributed by atoms with Crippen molar-refractivity contribution in [3.63, 3.8) is 0 Å². The smallest absolute Gasteiger partial charge is 0.0490 e. The predicted molar refractivity (Wildman–Crippen MR) is 62.8 cm³/mol. The minimum Gasteiger partial charge on any atom is -0.361 e. The van der Waals surface area contributed by atoms with E-state index in [9.17, 15) is 0 Å². The Balaban J connectivity index is 2.17. The van der Waals surface area contributed by atoms with Gasteiger partial charge in [-0.25, -0.2) is 0 Å². The molecule has 0 aliphatic heterocycles. The van der Waals surface area contributed by atoms with Gasteiger partial charge in [-0.3, -0.25) is 0 Å². The van der Waals surface area contributed by atoms with Gasteiger partial charge in [-0.1, -0.05) is 32.0 Å². The van der Waals surface area contributed by atoms with Gasteiger partial charge in [-0.2, -0.15) is 0 Å². The van der Waals surface area contributed by atoms with E-state index in [2.05, 4.69) is 43.1 Å². The van der Waals surface area contributed by atoms with Crippen molar-refractivity contribution in [3.8, 4) is 0 Å². The molecule has 0 saturated heterocycles. The fraction of sp³-hybridized carbons (Fsp3) is 0.385. The van der Waals surface area contributed by atoms with Crippen LogP contribution in [0.15, 0.2) is 30.5 Å². The highest BCUT2D eigenvalue weighted by molar-refractivity contribution is 5.83. The maximum atomic E-state index is 6.12. The van der Waals surface area contributed by atoms with Gasteiger partial charge >= 0.3 is 0 Å². The molecule has 78 valence electrons. The summed E-state index contributed by atoms with van der Waals surface area (Å²) in [6.07, 6.45) is 2.00. The Morgan fingerprint density at radius 2 is 2.00 bits per heavy atom. The van der Waals surface area contributed by atoms with Crippen molar-refractivity contribution in [3.05, 3.63) is 36.0 Å². The summed E-state index contributed by atoms with van der Waals surface area (Å²) in [5.74, 6) is 0.500. The van der Waals surface area contributed by atoms with E-state index < -0.39 is 0 Å². The number of fused-ring (bicyclic) bond motifs is 1. The lowest BCUT2D eigenvalue weighted by molar-refractivity contribution is 0.600. The molecule has 0 radical (unpaired) electrons. The Bertz CT molecular complexity index is 510. The van der Waals surface area contributed by atoms with Crippen molar-refractivity contribution < 1.29 is 0 Å². The van der Waals surface area contributed by atoms with E-state index in [0.717, 1.165) is 0 Å². The van der Waals surface area contributed by atoms with Crippen LogP contribution in [-0.2, 0) is 0 Å². The molecule has 2 nitrogen and oxygen atoms in total. The van der Waals surface area contributed by atoms with E-state index in [-0.39, 0.29) is 5.41 Å². The van der Waals surface area contributed by atoms with Crippen molar-refractivity contribution in [2.24, 2.45) is 11.1 Å². The predicted octanol–water partition coefficient (Wildman–Crippen LogP) is 2.62. The van der Waals surface area contributed by atoms with Crippen molar-refractivity contribution >= 4 is 10.9 Å². The van der Waals surface area contributed by atoms with Gasteiger partial charge in [0.25, 0.3) is 0 Å². The zero-order valence-corrected chi connectivity index (χ0v) is 9.12. The van der Waals surface area contributed by atoms with Crippen LogP contribution in [0.4, 0.5) is 0 Å². The molecular weight excluding hydrogens is 184 g/mol. The summed E-state index contributed by atoms with van der Waals surface area (Å²) in [6.45, 7) is 4.48. The molecule has 15 heavy (non-hydrogen) atoms. The second kappa shape index (κ2) is 2.64. The van der Waals surface area contributed by atoms with Gasteiger partial charge in [-0.05, 0) is 22.4 Å².